The molecule has 3 atom stereocenters. The maximum Gasteiger partial charge on any atom is 0.160 e. The highest BCUT2D eigenvalue weighted by Crippen LogP contribution is 2.49. The van der Waals surface area contributed by atoms with Gasteiger partial charge in [-0.3, -0.25) is 0 Å². The topological polar surface area (TPSA) is 29.5 Å². The summed E-state index contributed by atoms with van der Waals surface area (Å²) in [5.41, 5.74) is 0.445. The Morgan fingerprint density at radius 2 is 1.78 bits per heavy atom. The van der Waals surface area contributed by atoms with E-state index in [9.17, 15) is 5.11 Å². The first-order valence-corrected chi connectivity index (χ1v) is 10.2. The molecule has 1 spiro atoms. The largest absolute Gasteiger partial charge is 0.367 e. The van der Waals surface area contributed by atoms with Crippen LogP contribution in [0.4, 0.5) is 0 Å². The van der Waals surface area contributed by atoms with Crippen molar-refractivity contribution < 1.29 is 9.84 Å². The Kier molecular flexibility index (Phi) is 6.98. The molecular formula is C21H40O2. The molecule has 1 N–H and O–H groups in total. The van der Waals surface area contributed by atoms with Crippen LogP contribution in [0.1, 0.15) is 105 Å². The zero-order chi connectivity index (χ0) is 16.9. The van der Waals surface area contributed by atoms with Gasteiger partial charge in [0.1, 0.15) is 0 Å². The monoisotopic (exact) mass is 324 g/mol. The Hall–Kier alpha value is -0.0800. The fourth-order valence-electron chi connectivity index (χ4n) is 5.44. The van der Waals surface area contributed by atoms with Crippen molar-refractivity contribution in [1.29, 1.82) is 0 Å². The van der Waals surface area contributed by atoms with Crippen molar-refractivity contribution in [3.05, 3.63) is 0 Å². The van der Waals surface area contributed by atoms with Crippen molar-refractivity contribution in [3.63, 3.8) is 0 Å². The molecule has 3 unspecified atom stereocenters. The lowest BCUT2D eigenvalue weighted by Gasteiger charge is -2.45. The van der Waals surface area contributed by atoms with Crippen molar-refractivity contribution in [2.45, 2.75) is 117 Å². The van der Waals surface area contributed by atoms with Gasteiger partial charge in [0.15, 0.2) is 6.29 Å². The highest BCUT2D eigenvalue weighted by Gasteiger charge is 2.41. The van der Waals surface area contributed by atoms with Crippen molar-refractivity contribution in [1.82, 2.24) is 0 Å². The summed E-state index contributed by atoms with van der Waals surface area (Å²) in [5.74, 6) is 0.598. The molecule has 2 heteroatoms. The molecule has 2 aliphatic rings. The maximum atomic E-state index is 10.9. The van der Waals surface area contributed by atoms with Crippen molar-refractivity contribution in [2.24, 2.45) is 16.7 Å². The molecule has 0 bridgehead atoms. The van der Waals surface area contributed by atoms with Crippen LogP contribution in [0.2, 0.25) is 0 Å². The fraction of sp³-hybridized carbons (Fsp3) is 1.00. The number of ether oxygens (including phenoxy) is 1. The van der Waals surface area contributed by atoms with Gasteiger partial charge in [0.25, 0.3) is 0 Å². The Morgan fingerprint density at radius 1 is 1.13 bits per heavy atom. The zero-order valence-electron chi connectivity index (χ0n) is 16.1. The van der Waals surface area contributed by atoms with E-state index in [2.05, 4.69) is 27.7 Å². The van der Waals surface area contributed by atoms with Gasteiger partial charge in [0, 0.05) is 5.41 Å². The predicted molar refractivity (Wildman–Crippen MR) is 97.3 cm³/mol. The second-order valence-electron chi connectivity index (χ2n) is 9.27. The molecule has 2 aliphatic carbocycles. The molecule has 0 aromatic heterocycles. The number of aliphatic hydroxyl groups is 1. The molecule has 0 aliphatic heterocycles. The van der Waals surface area contributed by atoms with Crippen LogP contribution in [0, 0.1) is 16.7 Å². The second kappa shape index (κ2) is 8.34. The summed E-state index contributed by atoms with van der Waals surface area (Å²) in [6.07, 6.45) is 14.9. The molecule has 23 heavy (non-hydrogen) atoms. The van der Waals surface area contributed by atoms with Crippen LogP contribution >= 0.6 is 0 Å². The lowest BCUT2D eigenvalue weighted by Crippen LogP contribution is -2.42. The lowest BCUT2D eigenvalue weighted by molar-refractivity contribution is -0.216. The minimum Gasteiger partial charge on any atom is -0.367 e. The molecule has 0 saturated heterocycles. The van der Waals surface area contributed by atoms with E-state index in [0.717, 1.165) is 25.7 Å². The van der Waals surface area contributed by atoms with E-state index < -0.39 is 6.29 Å². The number of hydrogen-bond acceptors (Lipinski definition) is 2. The summed E-state index contributed by atoms with van der Waals surface area (Å²) in [6.45, 7) is 8.93. The van der Waals surface area contributed by atoms with Gasteiger partial charge in [-0.2, -0.15) is 0 Å². The highest BCUT2D eigenvalue weighted by atomic mass is 16.6. The van der Waals surface area contributed by atoms with Crippen LogP contribution in [0.25, 0.3) is 0 Å². The standard InChI is InChI=1S/C21H40O2/c1-5-11-20(4,15-17(2)3)19(22)23-18-10-9-14-21(16-18)12-7-6-8-13-21/h17-19,22H,5-16H2,1-4H3. The SMILES string of the molecule is CCCC(C)(CC(C)C)C(O)OC1CCCC2(CCCCC2)C1. The Morgan fingerprint density at radius 3 is 2.39 bits per heavy atom. The zero-order valence-corrected chi connectivity index (χ0v) is 16.1. The van der Waals surface area contributed by atoms with Gasteiger partial charge in [-0.1, -0.05) is 59.8 Å². The predicted octanol–water partition coefficient (Wildman–Crippen LogP) is 6.07. The van der Waals surface area contributed by atoms with Gasteiger partial charge < -0.3 is 9.84 Å². The first-order valence-electron chi connectivity index (χ1n) is 10.2. The van der Waals surface area contributed by atoms with E-state index in [0.29, 0.717) is 11.3 Å². The molecular weight excluding hydrogens is 284 g/mol. The third kappa shape index (κ3) is 5.19. The fourth-order valence-corrected chi connectivity index (χ4v) is 5.44. The van der Waals surface area contributed by atoms with E-state index in [1.807, 2.05) is 0 Å². The molecule has 2 fully saturated rings. The van der Waals surface area contributed by atoms with Gasteiger partial charge in [-0.05, 0) is 56.3 Å². The van der Waals surface area contributed by atoms with Crippen molar-refractivity contribution >= 4 is 0 Å². The van der Waals surface area contributed by atoms with Crippen LogP contribution in [-0.4, -0.2) is 17.5 Å². The van der Waals surface area contributed by atoms with E-state index in [1.54, 1.807) is 0 Å². The summed E-state index contributed by atoms with van der Waals surface area (Å²) in [6, 6.07) is 0. The van der Waals surface area contributed by atoms with Crippen LogP contribution in [0.3, 0.4) is 0 Å². The van der Waals surface area contributed by atoms with Crippen molar-refractivity contribution in [2.75, 3.05) is 0 Å². The van der Waals surface area contributed by atoms with E-state index >= 15 is 0 Å². The molecule has 2 rings (SSSR count). The number of rotatable bonds is 7. The molecule has 2 saturated carbocycles. The first-order chi connectivity index (χ1) is 10.9. The average Bonchev–Trinajstić information content (AvgIpc) is 2.47. The van der Waals surface area contributed by atoms with Crippen LogP contribution in [-0.2, 0) is 4.74 Å². The molecule has 0 radical (unpaired) electrons. The third-order valence-corrected chi connectivity index (χ3v) is 6.42. The van der Waals surface area contributed by atoms with Gasteiger partial charge in [0.05, 0.1) is 6.10 Å². The summed E-state index contributed by atoms with van der Waals surface area (Å²) in [5, 5.41) is 10.9. The van der Waals surface area contributed by atoms with Crippen LogP contribution in [0.15, 0.2) is 0 Å². The molecule has 2 nitrogen and oxygen atoms in total. The summed E-state index contributed by atoms with van der Waals surface area (Å²) in [7, 11) is 0. The van der Waals surface area contributed by atoms with Crippen LogP contribution in [0.5, 0.6) is 0 Å². The van der Waals surface area contributed by atoms with E-state index in [1.165, 1.54) is 51.4 Å². The Balaban J connectivity index is 1.95. The van der Waals surface area contributed by atoms with E-state index in [-0.39, 0.29) is 11.5 Å². The molecule has 0 heterocycles. The lowest BCUT2D eigenvalue weighted by atomic mass is 9.64. The number of hydrogen-bond donors (Lipinski definition) is 1. The molecule has 0 aromatic rings. The smallest absolute Gasteiger partial charge is 0.160 e. The summed E-state index contributed by atoms with van der Waals surface area (Å²) < 4.78 is 6.29. The number of aliphatic hydroxyl groups excluding tert-OH is 1. The van der Waals surface area contributed by atoms with Gasteiger partial charge in [-0.25, -0.2) is 0 Å². The summed E-state index contributed by atoms with van der Waals surface area (Å²) >= 11 is 0. The first kappa shape index (κ1) is 19.2. The molecule has 0 amide bonds. The Bertz CT molecular complexity index is 340. The summed E-state index contributed by atoms with van der Waals surface area (Å²) in [4.78, 5) is 0. The minimum absolute atomic E-state index is 0.0971. The maximum absolute atomic E-state index is 10.9. The van der Waals surface area contributed by atoms with Crippen molar-refractivity contribution in [3.8, 4) is 0 Å². The molecule has 136 valence electrons. The molecule has 0 aromatic carbocycles. The van der Waals surface area contributed by atoms with E-state index in [4.69, 9.17) is 4.74 Å². The van der Waals surface area contributed by atoms with Crippen LogP contribution < -0.4 is 0 Å². The van der Waals surface area contributed by atoms with Gasteiger partial charge in [0.2, 0.25) is 0 Å². The van der Waals surface area contributed by atoms with Gasteiger partial charge >= 0.3 is 0 Å². The Labute approximate surface area is 144 Å². The second-order valence-corrected chi connectivity index (χ2v) is 9.27. The third-order valence-electron chi connectivity index (χ3n) is 6.42. The normalized spacial score (nSPS) is 28.7. The minimum atomic E-state index is -0.603. The van der Waals surface area contributed by atoms with Gasteiger partial charge in [-0.15, -0.1) is 0 Å². The highest BCUT2D eigenvalue weighted by molar-refractivity contribution is 4.90. The quantitative estimate of drug-likeness (QED) is 0.576. The average molecular weight is 325 g/mol.